The number of aryl methyl sites for hydroxylation is 2. The second kappa shape index (κ2) is 3.69. The molecule has 1 rings (SSSR count). The van der Waals surface area contributed by atoms with Crippen LogP contribution in [-0.4, -0.2) is 16.1 Å². The molecule has 0 aliphatic heterocycles. The van der Waals surface area contributed by atoms with Crippen LogP contribution >= 0.6 is 11.3 Å². The highest BCUT2D eigenvalue weighted by atomic mass is 32.1. The van der Waals surface area contributed by atoms with E-state index in [2.05, 4.69) is 4.98 Å². The summed E-state index contributed by atoms with van der Waals surface area (Å²) in [6.45, 7) is 7.35. The summed E-state index contributed by atoms with van der Waals surface area (Å²) in [4.78, 5) is 16.3. The fraction of sp³-hybridized carbons (Fsp3) is 0.600. The lowest BCUT2D eigenvalue weighted by Crippen LogP contribution is -2.26. The van der Waals surface area contributed by atoms with Crippen LogP contribution in [0.5, 0.6) is 0 Å². The van der Waals surface area contributed by atoms with E-state index in [0.717, 1.165) is 15.6 Å². The van der Waals surface area contributed by atoms with E-state index in [1.807, 2.05) is 13.8 Å². The van der Waals surface area contributed by atoms with Gasteiger partial charge in [0, 0.05) is 4.88 Å². The third-order valence-electron chi connectivity index (χ3n) is 2.18. The molecule has 0 bridgehead atoms. The normalized spacial score (nSPS) is 11.7. The van der Waals surface area contributed by atoms with Gasteiger partial charge in [0.15, 0.2) is 0 Å². The zero-order chi connectivity index (χ0) is 10.9. The van der Waals surface area contributed by atoms with Crippen molar-refractivity contribution in [3.63, 3.8) is 0 Å². The second-order valence-corrected chi connectivity index (χ2v) is 5.40. The molecule has 78 valence electrons. The highest BCUT2D eigenvalue weighted by Gasteiger charge is 2.28. The standard InChI is InChI=1S/C10H15NO2S/c1-6-8(14-7(2)11-6)5-10(3,4)9(12)13/h5H2,1-4H3,(H,12,13). The Morgan fingerprint density at radius 1 is 1.50 bits per heavy atom. The van der Waals surface area contributed by atoms with Gasteiger partial charge in [-0.25, -0.2) is 4.98 Å². The predicted molar refractivity (Wildman–Crippen MR) is 56.7 cm³/mol. The van der Waals surface area contributed by atoms with Gasteiger partial charge in [-0.05, 0) is 34.1 Å². The molecule has 0 aromatic carbocycles. The number of nitrogens with zero attached hydrogens (tertiary/aromatic N) is 1. The summed E-state index contributed by atoms with van der Waals surface area (Å²) in [7, 11) is 0. The lowest BCUT2D eigenvalue weighted by molar-refractivity contribution is -0.146. The van der Waals surface area contributed by atoms with Gasteiger partial charge in [-0.3, -0.25) is 4.79 Å². The highest BCUT2D eigenvalue weighted by molar-refractivity contribution is 7.11. The molecule has 0 amide bonds. The van der Waals surface area contributed by atoms with Crippen molar-refractivity contribution >= 4 is 17.3 Å². The molecule has 0 atom stereocenters. The van der Waals surface area contributed by atoms with Crippen LogP contribution in [0.15, 0.2) is 0 Å². The fourth-order valence-corrected chi connectivity index (χ4v) is 2.38. The fourth-order valence-electron chi connectivity index (χ4n) is 1.21. The average Bonchev–Trinajstić information content (AvgIpc) is 2.29. The minimum absolute atomic E-state index is 0.555. The Balaban J connectivity index is 2.88. The Bertz CT molecular complexity index is 355. The van der Waals surface area contributed by atoms with Gasteiger partial charge in [-0.1, -0.05) is 0 Å². The topological polar surface area (TPSA) is 50.2 Å². The molecule has 1 N–H and O–H groups in total. The lowest BCUT2D eigenvalue weighted by atomic mass is 9.88. The van der Waals surface area contributed by atoms with Crippen molar-refractivity contribution in [2.24, 2.45) is 5.41 Å². The van der Waals surface area contributed by atoms with Gasteiger partial charge in [-0.2, -0.15) is 0 Å². The SMILES string of the molecule is Cc1nc(C)c(CC(C)(C)C(=O)O)s1. The molecule has 0 saturated carbocycles. The largest absolute Gasteiger partial charge is 0.481 e. The summed E-state index contributed by atoms with van der Waals surface area (Å²) >= 11 is 1.58. The van der Waals surface area contributed by atoms with Crippen molar-refractivity contribution in [2.75, 3.05) is 0 Å². The molecule has 0 saturated heterocycles. The van der Waals surface area contributed by atoms with Gasteiger partial charge in [0.25, 0.3) is 0 Å². The first-order chi connectivity index (χ1) is 6.33. The van der Waals surface area contributed by atoms with Crippen LogP contribution in [0.4, 0.5) is 0 Å². The van der Waals surface area contributed by atoms with Crippen LogP contribution in [-0.2, 0) is 11.2 Å². The Morgan fingerprint density at radius 3 is 2.43 bits per heavy atom. The van der Waals surface area contributed by atoms with Crippen LogP contribution in [0, 0.1) is 19.3 Å². The van der Waals surface area contributed by atoms with Crippen molar-refractivity contribution in [3.05, 3.63) is 15.6 Å². The number of carboxylic acid groups (broad SMARTS) is 1. The maximum absolute atomic E-state index is 10.9. The molecule has 0 aliphatic carbocycles. The summed E-state index contributed by atoms with van der Waals surface area (Å²) in [6, 6.07) is 0. The molecule has 0 fully saturated rings. The summed E-state index contributed by atoms with van der Waals surface area (Å²) in [5.74, 6) is -0.761. The van der Waals surface area contributed by atoms with Crippen molar-refractivity contribution in [2.45, 2.75) is 34.1 Å². The van der Waals surface area contributed by atoms with Gasteiger partial charge in [0.2, 0.25) is 0 Å². The van der Waals surface area contributed by atoms with E-state index < -0.39 is 11.4 Å². The molecule has 0 spiro atoms. The third kappa shape index (κ3) is 2.32. The number of carboxylic acids is 1. The van der Waals surface area contributed by atoms with E-state index in [0.29, 0.717) is 6.42 Å². The first kappa shape index (κ1) is 11.2. The number of aromatic nitrogens is 1. The molecule has 0 unspecified atom stereocenters. The number of rotatable bonds is 3. The minimum atomic E-state index is -0.761. The van der Waals surface area contributed by atoms with E-state index in [1.165, 1.54) is 0 Å². The van der Waals surface area contributed by atoms with Crippen molar-refractivity contribution in [1.29, 1.82) is 0 Å². The quantitative estimate of drug-likeness (QED) is 0.838. The summed E-state index contributed by atoms with van der Waals surface area (Å²) < 4.78 is 0. The monoisotopic (exact) mass is 213 g/mol. The molecule has 0 aliphatic rings. The lowest BCUT2D eigenvalue weighted by Gasteiger charge is -2.17. The van der Waals surface area contributed by atoms with E-state index >= 15 is 0 Å². The van der Waals surface area contributed by atoms with Crippen LogP contribution in [0.25, 0.3) is 0 Å². The van der Waals surface area contributed by atoms with Gasteiger partial charge in [-0.15, -0.1) is 11.3 Å². The van der Waals surface area contributed by atoms with Crippen LogP contribution in [0.1, 0.15) is 29.4 Å². The van der Waals surface area contributed by atoms with Crippen LogP contribution in [0.3, 0.4) is 0 Å². The van der Waals surface area contributed by atoms with E-state index in [9.17, 15) is 4.79 Å². The van der Waals surface area contributed by atoms with Crippen molar-refractivity contribution < 1.29 is 9.90 Å². The van der Waals surface area contributed by atoms with Gasteiger partial charge < -0.3 is 5.11 Å². The summed E-state index contributed by atoms with van der Waals surface area (Å²) in [6.07, 6.45) is 0.555. The Labute approximate surface area is 87.8 Å². The maximum atomic E-state index is 10.9. The molecule has 4 heteroatoms. The number of hydrogen-bond donors (Lipinski definition) is 1. The Kier molecular flexibility index (Phi) is 2.95. The molecular formula is C10H15NO2S. The zero-order valence-corrected chi connectivity index (χ0v) is 9.73. The van der Waals surface area contributed by atoms with Crippen molar-refractivity contribution in [3.8, 4) is 0 Å². The number of carbonyl (C=O) groups is 1. The summed E-state index contributed by atoms with van der Waals surface area (Å²) in [5, 5.41) is 9.98. The zero-order valence-electron chi connectivity index (χ0n) is 8.92. The third-order valence-corrected chi connectivity index (χ3v) is 3.25. The smallest absolute Gasteiger partial charge is 0.309 e. The number of thiazole rings is 1. The molecule has 1 aromatic heterocycles. The van der Waals surface area contributed by atoms with E-state index in [4.69, 9.17) is 5.11 Å². The molecule has 14 heavy (non-hydrogen) atoms. The average molecular weight is 213 g/mol. The van der Waals surface area contributed by atoms with E-state index in [1.54, 1.807) is 25.2 Å². The predicted octanol–water partition coefficient (Wildman–Crippen LogP) is 2.41. The van der Waals surface area contributed by atoms with Crippen molar-refractivity contribution in [1.82, 2.24) is 4.98 Å². The second-order valence-electron chi connectivity index (χ2n) is 4.11. The van der Waals surface area contributed by atoms with Crippen LogP contribution in [0.2, 0.25) is 0 Å². The number of hydrogen-bond acceptors (Lipinski definition) is 3. The molecular weight excluding hydrogens is 198 g/mol. The Morgan fingerprint density at radius 2 is 2.07 bits per heavy atom. The first-order valence-electron chi connectivity index (χ1n) is 4.49. The molecule has 1 heterocycles. The van der Waals surface area contributed by atoms with Gasteiger partial charge >= 0.3 is 5.97 Å². The van der Waals surface area contributed by atoms with Crippen LogP contribution < -0.4 is 0 Å². The van der Waals surface area contributed by atoms with Gasteiger partial charge in [0.05, 0.1) is 16.1 Å². The maximum Gasteiger partial charge on any atom is 0.309 e. The molecule has 3 nitrogen and oxygen atoms in total. The molecule has 1 aromatic rings. The Hall–Kier alpha value is -0.900. The molecule has 0 radical (unpaired) electrons. The van der Waals surface area contributed by atoms with Gasteiger partial charge in [0.1, 0.15) is 0 Å². The minimum Gasteiger partial charge on any atom is -0.481 e. The van der Waals surface area contributed by atoms with E-state index in [-0.39, 0.29) is 0 Å². The first-order valence-corrected chi connectivity index (χ1v) is 5.31. The summed E-state index contributed by atoms with van der Waals surface area (Å²) in [5.41, 5.74) is 0.255. The highest BCUT2D eigenvalue weighted by Crippen LogP contribution is 2.27. The number of aliphatic carboxylic acids is 1.